The molecule has 0 aromatic rings. The normalized spacial score (nSPS) is 32.5. The Balaban J connectivity index is 1.27. The topological polar surface area (TPSA) is 112 Å². The Morgan fingerprint density at radius 3 is 1.85 bits per heavy atom. The maximum absolute atomic E-state index is 13.3. The highest BCUT2D eigenvalue weighted by atomic mass is 17.2. The van der Waals surface area contributed by atoms with E-state index in [9.17, 15) is 14.7 Å². The Hall–Kier alpha value is -1.22. The lowest BCUT2D eigenvalue weighted by Crippen LogP contribution is -2.41. The molecule has 8 heteroatoms. The molecule has 4 fully saturated rings. The van der Waals surface area contributed by atoms with Gasteiger partial charge >= 0.3 is 11.9 Å². The van der Waals surface area contributed by atoms with Crippen molar-refractivity contribution in [2.75, 3.05) is 13.2 Å². The molecule has 0 aliphatic heterocycles. The molecule has 0 bridgehead atoms. The van der Waals surface area contributed by atoms with Crippen molar-refractivity contribution in [2.24, 2.45) is 47.3 Å². The Bertz CT molecular complexity index is 803. The smallest absolute Gasteiger partial charge is 0.312 e. The molecule has 0 radical (unpaired) electrons. The molecule has 236 valence electrons. The number of carbonyl (C=O) groups is 2. The minimum absolute atomic E-state index is 0.186. The summed E-state index contributed by atoms with van der Waals surface area (Å²) >= 11 is 0. The third kappa shape index (κ3) is 10.2. The summed E-state index contributed by atoms with van der Waals surface area (Å²) in [5.41, 5.74) is 0. The Labute approximate surface area is 247 Å². The van der Waals surface area contributed by atoms with Gasteiger partial charge in [0.15, 0.2) is 0 Å². The molecule has 8 nitrogen and oxygen atoms in total. The van der Waals surface area contributed by atoms with Crippen molar-refractivity contribution < 1.29 is 39.4 Å². The highest BCUT2D eigenvalue weighted by Gasteiger charge is 2.43. The first-order chi connectivity index (χ1) is 19.7. The van der Waals surface area contributed by atoms with Gasteiger partial charge in [-0.3, -0.25) is 14.8 Å². The van der Waals surface area contributed by atoms with Crippen molar-refractivity contribution in [3.8, 4) is 0 Å². The van der Waals surface area contributed by atoms with Crippen LogP contribution in [0.2, 0.25) is 0 Å². The van der Waals surface area contributed by atoms with Crippen LogP contribution in [0.5, 0.6) is 0 Å². The summed E-state index contributed by atoms with van der Waals surface area (Å²) in [4.78, 5) is 41.3. The average molecular weight is 581 g/mol. The number of carbonyl (C=O) groups excluding carboxylic acids is 1. The van der Waals surface area contributed by atoms with E-state index in [-0.39, 0.29) is 18.4 Å². The van der Waals surface area contributed by atoms with Gasteiger partial charge in [0.1, 0.15) is 0 Å². The monoisotopic (exact) mass is 580 g/mol. The van der Waals surface area contributed by atoms with Crippen molar-refractivity contribution in [1.29, 1.82) is 0 Å². The zero-order chi connectivity index (χ0) is 29.2. The van der Waals surface area contributed by atoms with Gasteiger partial charge in [-0.05, 0) is 80.5 Å². The predicted octanol–water partition coefficient (Wildman–Crippen LogP) is 7.79. The van der Waals surface area contributed by atoms with E-state index in [1.54, 1.807) is 13.8 Å². The summed E-state index contributed by atoms with van der Waals surface area (Å²) in [5, 5.41) is 19.0. The maximum atomic E-state index is 13.3. The van der Waals surface area contributed by atoms with Gasteiger partial charge in [0.2, 0.25) is 5.79 Å². The first-order valence-corrected chi connectivity index (χ1v) is 16.8. The summed E-state index contributed by atoms with van der Waals surface area (Å²) in [6, 6.07) is 0. The lowest BCUT2D eigenvalue weighted by atomic mass is 9.70. The van der Waals surface area contributed by atoms with Crippen LogP contribution in [0.3, 0.4) is 0 Å². The molecular weight excluding hydrogens is 524 g/mol. The van der Waals surface area contributed by atoms with E-state index in [4.69, 9.17) is 19.8 Å². The van der Waals surface area contributed by atoms with Crippen LogP contribution in [0.4, 0.5) is 0 Å². The number of hydrogen-bond donors (Lipinski definition) is 2. The van der Waals surface area contributed by atoms with E-state index in [0.29, 0.717) is 37.2 Å². The number of hydrogen-bond acceptors (Lipinski definition) is 7. The Morgan fingerprint density at radius 2 is 1.27 bits per heavy atom. The van der Waals surface area contributed by atoms with Crippen LogP contribution in [0, 0.1) is 47.3 Å². The fourth-order valence-corrected chi connectivity index (χ4v) is 8.57. The number of carboxylic acid groups (broad SMARTS) is 1. The number of rotatable bonds is 13. The minimum Gasteiger partial charge on any atom is -0.481 e. The largest absolute Gasteiger partial charge is 0.481 e. The number of ether oxygens (including phenoxy) is 1. The minimum atomic E-state index is -1.34. The van der Waals surface area contributed by atoms with Gasteiger partial charge in [-0.15, -0.1) is 0 Å². The van der Waals surface area contributed by atoms with Crippen molar-refractivity contribution >= 4 is 11.9 Å². The number of carboxylic acids is 1. The molecule has 4 rings (SSSR count). The third-order valence-corrected chi connectivity index (χ3v) is 10.8. The summed E-state index contributed by atoms with van der Waals surface area (Å²) in [6.45, 7) is 3.90. The molecule has 0 aromatic heterocycles. The summed E-state index contributed by atoms with van der Waals surface area (Å²) < 4.78 is 5.77. The molecule has 4 saturated carbocycles. The first-order valence-electron chi connectivity index (χ1n) is 16.8. The summed E-state index contributed by atoms with van der Waals surface area (Å²) in [5.74, 6) is -1.23. The average Bonchev–Trinajstić information content (AvgIpc) is 2.95. The fraction of sp³-hybridized carbons (Fsp3) is 0.939. The van der Waals surface area contributed by atoms with E-state index < -0.39 is 29.6 Å². The lowest BCUT2D eigenvalue weighted by molar-refractivity contribution is -0.414. The molecule has 6 unspecified atom stereocenters. The van der Waals surface area contributed by atoms with Crippen LogP contribution in [-0.2, 0) is 29.0 Å². The van der Waals surface area contributed by atoms with Gasteiger partial charge in [0.25, 0.3) is 0 Å². The zero-order valence-corrected chi connectivity index (χ0v) is 25.6. The van der Waals surface area contributed by atoms with Crippen molar-refractivity contribution in [2.45, 2.75) is 135 Å². The van der Waals surface area contributed by atoms with Gasteiger partial charge in [-0.25, -0.2) is 9.78 Å². The van der Waals surface area contributed by atoms with Crippen LogP contribution >= 0.6 is 0 Å². The van der Waals surface area contributed by atoms with Crippen molar-refractivity contribution in [1.82, 2.24) is 0 Å². The molecule has 4 aliphatic rings. The quantitative estimate of drug-likeness (QED) is 0.0982. The SMILES string of the molecule is CC(C)(OOCC1CC(CC2CCCCC2)CCC1COO)OC(=O)C1CC(CC2CCCCC2)CCC1C(=O)O. The molecule has 2 N–H and O–H groups in total. The molecule has 0 spiro atoms. The van der Waals surface area contributed by atoms with Crippen LogP contribution in [0.1, 0.15) is 129 Å². The van der Waals surface area contributed by atoms with Gasteiger partial charge in [0.05, 0.1) is 25.0 Å². The molecule has 0 aromatic carbocycles. The van der Waals surface area contributed by atoms with Crippen LogP contribution < -0.4 is 0 Å². The van der Waals surface area contributed by atoms with Crippen LogP contribution in [0.25, 0.3) is 0 Å². The van der Waals surface area contributed by atoms with E-state index in [0.717, 1.165) is 38.0 Å². The first kappa shape index (κ1) is 32.7. The second kappa shape index (κ2) is 16.0. The second-order valence-electron chi connectivity index (χ2n) is 14.4. The van der Waals surface area contributed by atoms with E-state index in [1.165, 1.54) is 70.6 Å². The van der Waals surface area contributed by atoms with E-state index in [1.807, 2.05) is 0 Å². The molecule has 0 heterocycles. The zero-order valence-electron chi connectivity index (χ0n) is 25.6. The molecular formula is C33H56O8. The number of esters is 1. The van der Waals surface area contributed by atoms with Gasteiger partial charge in [-0.1, -0.05) is 70.6 Å². The molecule has 41 heavy (non-hydrogen) atoms. The van der Waals surface area contributed by atoms with Gasteiger partial charge in [0, 0.05) is 13.8 Å². The lowest BCUT2D eigenvalue weighted by Gasteiger charge is -2.38. The molecule has 0 saturated heterocycles. The van der Waals surface area contributed by atoms with Crippen LogP contribution in [-0.4, -0.2) is 41.3 Å². The van der Waals surface area contributed by atoms with E-state index >= 15 is 0 Å². The van der Waals surface area contributed by atoms with Crippen molar-refractivity contribution in [3.05, 3.63) is 0 Å². The standard InChI is InChI=1S/C33H56O8/c1-33(2,40-32(36)30-20-26(14-16-29(30)31(34)35)18-24-11-7-4-8-12-24)41-39-22-28-19-25(13-15-27(28)21-38-37)17-23-9-5-3-6-10-23/h23-30,37H,3-22H2,1-2H3,(H,34,35). The summed E-state index contributed by atoms with van der Waals surface area (Å²) in [7, 11) is 0. The highest BCUT2D eigenvalue weighted by molar-refractivity contribution is 5.81. The van der Waals surface area contributed by atoms with Gasteiger partial charge in [-0.2, -0.15) is 4.89 Å². The molecule has 0 amide bonds. The fourth-order valence-electron chi connectivity index (χ4n) is 8.57. The van der Waals surface area contributed by atoms with Crippen molar-refractivity contribution in [3.63, 3.8) is 0 Å². The second-order valence-corrected chi connectivity index (χ2v) is 14.4. The van der Waals surface area contributed by atoms with Crippen LogP contribution in [0.15, 0.2) is 0 Å². The summed E-state index contributed by atoms with van der Waals surface area (Å²) in [6.07, 6.45) is 20.6. The molecule has 6 atom stereocenters. The maximum Gasteiger partial charge on any atom is 0.312 e. The van der Waals surface area contributed by atoms with Gasteiger partial charge < -0.3 is 9.84 Å². The third-order valence-electron chi connectivity index (χ3n) is 10.8. The number of aliphatic carboxylic acids is 1. The Morgan fingerprint density at radius 1 is 0.683 bits per heavy atom. The highest BCUT2D eigenvalue weighted by Crippen LogP contribution is 2.42. The predicted molar refractivity (Wildman–Crippen MR) is 154 cm³/mol. The molecule has 4 aliphatic carbocycles. The Kier molecular flexibility index (Phi) is 12.8. The van der Waals surface area contributed by atoms with E-state index in [2.05, 4.69) is 4.89 Å².